The monoisotopic (exact) mass is 178 g/mol. The summed E-state index contributed by atoms with van der Waals surface area (Å²) in [6.07, 6.45) is 3.81. The van der Waals surface area contributed by atoms with Crippen LogP contribution in [0, 0.1) is 0 Å². The minimum absolute atomic E-state index is 0.0323. The molecule has 0 aromatic carbocycles. The Balaban J connectivity index is 2.80. The lowest BCUT2D eigenvalue weighted by atomic mass is 10.2. The van der Waals surface area contributed by atoms with Crippen molar-refractivity contribution in [2.45, 2.75) is 19.5 Å². The van der Waals surface area contributed by atoms with Gasteiger partial charge in [-0.2, -0.15) is 0 Å². The second kappa shape index (κ2) is 2.73. The molecule has 0 amide bonds. The van der Waals surface area contributed by atoms with Gasteiger partial charge in [0.25, 0.3) is 11.1 Å². The lowest BCUT2D eigenvalue weighted by Crippen LogP contribution is -2.40. The van der Waals surface area contributed by atoms with E-state index < -0.39 is 0 Å². The Hall–Kier alpha value is -1.58. The highest BCUT2D eigenvalue weighted by molar-refractivity contribution is 5.00. The van der Waals surface area contributed by atoms with Crippen LogP contribution in [0.3, 0.4) is 0 Å². The molecular formula is C9H10N2O2. The molecule has 68 valence electrons. The number of aromatic nitrogens is 2. The van der Waals surface area contributed by atoms with E-state index in [0.717, 1.165) is 0 Å². The van der Waals surface area contributed by atoms with Crippen LogP contribution in [0.25, 0.3) is 0 Å². The summed E-state index contributed by atoms with van der Waals surface area (Å²) in [6, 6.07) is 2.59. The average Bonchev–Trinajstić information content (AvgIpc) is 2.12. The molecule has 0 bridgehead atoms. The van der Waals surface area contributed by atoms with E-state index in [2.05, 4.69) is 0 Å². The largest absolute Gasteiger partial charge is 0.268 e. The van der Waals surface area contributed by atoms with Crippen molar-refractivity contribution >= 4 is 0 Å². The highest BCUT2D eigenvalue weighted by Gasteiger charge is 2.11. The van der Waals surface area contributed by atoms with Gasteiger partial charge in [-0.15, -0.1) is 0 Å². The molecule has 1 aliphatic heterocycles. The van der Waals surface area contributed by atoms with Gasteiger partial charge in [-0.3, -0.25) is 9.59 Å². The zero-order chi connectivity index (χ0) is 9.42. The summed E-state index contributed by atoms with van der Waals surface area (Å²) in [7, 11) is 0. The number of nitrogens with zero attached hydrogens (tertiary/aromatic N) is 2. The van der Waals surface area contributed by atoms with Crippen LogP contribution >= 0.6 is 0 Å². The third kappa shape index (κ3) is 1.14. The predicted octanol–water partition coefficient (Wildman–Crippen LogP) is 0.141. The quantitative estimate of drug-likeness (QED) is 0.530. The molecule has 0 saturated heterocycles. The lowest BCUT2D eigenvalue weighted by Gasteiger charge is -2.21. The molecular weight excluding hydrogens is 168 g/mol. The summed E-state index contributed by atoms with van der Waals surface area (Å²) in [6.45, 7) is 2.37. The van der Waals surface area contributed by atoms with Crippen molar-refractivity contribution in [2.24, 2.45) is 0 Å². The van der Waals surface area contributed by atoms with E-state index in [4.69, 9.17) is 0 Å². The van der Waals surface area contributed by atoms with Crippen LogP contribution in [-0.4, -0.2) is 9.36 Å². The topological polar surface area (TPSA) is 44.0 Å². The summed E-state index contributed by atoms with van der Waals surface area (Å²) in [5, 5.41) is 0. The van der Waals surface area contributed by atoms with Gasteiger partial charge in [0.05, 0.1) is 12.6 Å². The minimum atomic E-state index is -0.129. The maximum Gasteiger partial charge on any atom is 0.265 e. The van der Waals surface area contributed by atoms with Crippen molar-refractivity contribution in [3.8, 4) is 0 Å². The smallest absolute Gasteiger partial charge is 0.265 e. The van der Waals surface area contributed by atoms with Gasteiger partial charge in [0, 0.05) is 12.1 Å². The normalized spacial score (nSPS) is 19.9. The average molecular weight is 178 g/mol. The van der Waals surface area contributed by atoms with Crippen LogP contribution in [0.5, 0.6) is 0 Å². The van der Waals surface area contributed by atoms with E-state index in [1.54, 1.807) is 0 Å². The van der Waals surface area contributed by atoms with Crippen molar-refractivity contribution in [1.29, 1.82) is 0 Å². The lowest BCUT2D eigenvalue weighted by molar-refractivity contribution is 0.401. The molecule has 1 aromatic heterocycles. The minimum Gasteiger partial charge on any atom is -0.268 e. The number of allylic oxidation sites excluding steroid dienone is 2. The van der Waals surface area contributed by atoms with Crippen LogP contribution in [0.4, 0.5) is 0 Å². The predicted molar refractivity (Wildman–Crippen MR) is 48.8 cm³/mol. The fourth-order valence-corrected chi connectivity index (χ4v) is 1.57. The van der Waals surface area contributed by atoms with Crippen molar-refractivity contribution in [3.05, 3.63) is 45.0 Å². The molecule has 0 aliphatic carbocycles. The molecule has 0 radical (unpaired) electrons. The molecule has 0 saturated carbocycles. The van der Waals surface area contributed by atoms with E-state index in [9.17, 15) is 9.59 Å². The van der Waals surface area contributed by atoms with E-state index in [0.29, 0.717) is 6.54 Å². The van der Waals surface area contributed by atoms with Crippen LogP contribution < -0.4 is 11.1 Å². The Morgan fingerprint density at radius 2 is 2.00 bits per heavy atom. The second-order valence-electron chi connectivity index (χ2n) is 3.11. The molecule has 1 aromatic rings. The number of rotatable bonds is 0. The number of hydrogen-bond acceptors (Lipinski definition) is 2. The Kier molecular flexibility index (Phi) is 1.69. The first-order valence-electron chi connectivity index (χ1n) is 4.19. The van der Waals surface area contributed by atoms with Gasteiger partial charge in [0.1, 0.15) is 0 Å². The van der Waals surface area contributed by atoms with Crippen molar-refractivity contribution in [2.75, 3.05) is 0 Å². The number of hydrogen-bond donors (Lipinski definition) is 0. The van der Waals surface area contributed by atoms with E-state index in [1.165, 1.54) is 21.5 Å². The first kappa shape index (κ1) is 8.04. The van der Waals surface area contributed by atoms with Gasteiger partial charge in [0.15, 0.2) is 0 Å². The Morgan fingerprint density at radius 3 is 2.69 bits per heavy atom. The van der Waals surface area contributed by atoms with Crippen LogP contribution in [0.2, 0.25) is 0 Å². The van der Waals surface area contributed by atoms with E-state index >= 15 is 0 Å². The maximum absolute atomic E-state index is 11.4. The first-order valence-corrected chi connectivity index (χ1v) is 4.19. The Morgan fingerprint density at radius 1 is 1.31 bits per heavy atom. The van der Waals surface area contributed by atoms with Gasteiger partial charge in [-0.25, -0.2) is 9.36 Å². The molecule has 0 fully saturated rings. The van der Waals surface area contributed by atoms with Crippen molar-refractivity contribution in [3.63, 3.8) is 0 Å². The maximum atomic E-state index is 11.4. The van der Waals surface area contributed by atoms with Gasteiger partial charge in [-0.1, -0.05) is 12.2 Å². The molecule has 2 heterocycles. The van der Waals surface area contributed by atoms with Gasteiger partial charge in [-0.05, 0) is 6.92 Å². The molecule has 0 spiro atoms. The summed E-state index contributed by atoms with van der Waals surface area (Å²) >= 11 is 0. The third-order valence-corrected chi connectivity index (χ3v) is 2.19. The van der Waals surface area contributed by atoms with Crippen molar-refractivity contribution < 1.29 is 0 Å². The summed E-state index contributed by atoms with van der Waals surface area (Å²) in [5.74, 6) is 0. The molecule has 4 heteroatoms. The Bertz CT molecular complexity index is 467. The van der Waals surface area contributed by atoms with Gasteiger partial charge < -0.3 is 0 Å². The zero-order valence-electron chi connectivity index (χ0n) is 7.30. The molecule has 2 rings (SSSR count). The fraction of sp³-hybridized carbons (Fsp3) is 0.333. The highest BCUT2D eigenvalue weighted by atomic mass is 16.2. The van der Waals surface area contributed by atoms with Crippen LogP contribution in [0.1, 0.15) is 13.0 Å². The molecule has 1 atom stereocenters. The third-order valence-electron chi connectivity index (χ3n) is 2.19. The van der Waals surface area contributed by atoms with Gasteiger partial charge >= 0.3 is 0 Å². The highest BCUT2D eigenvalue weighted by Crippen LogP contribution is 2.06. The first-order chi connectivity index (χ1) is 6.20. The molecule has 0 N–H and O–H groups in total. The van der Waals surface area contributed by atoms with Crippen LogP contribution in [0.15, 0.2) is 33.9 Å². The van der Waals surface area contributed by atoms with Crippen LogP contribution in [-0.2, 0) is 6.54 Å². The standard InChI is InChI=1S/C9H10N2O2/c1-7-3-2-6-10-8(12)4-5-9(13)11(7)10/h2-5,7H,6H2,1H3. The fourth-order valence-electron chi connectivity index (χ4n) is 1.57. The second-order valence-corrected chi connectivity index (χ2v) is 3.11. The summed E-state index contributed by atoms with van der Waals surface area (Å²) in [5.41, 5.74) is -0.257. The SMILES string of the molecule is CC1C=CCn2c(=O)ccc(=O)n21. The van der Waals surface area contributed by atoms with Gasteiger partial charge in [0.2, 0.25) is 0 Å². The summed E-state index contributed by atoms with van der Waals surface area (Å²) < 4.78 is 2.93. The Labute approximate surface area is 74.7 Å². The molecule has 13 heavy (non-hydrogen) atoms. The van der Waals surface area contributed by atoms with E-state index in [-0.39, 0.29) is 17.2 Å². The van der Waals surface area contributed by atoms with E-state index in [1.807, 2.05) is 19.1 Å². The summed E-state index contributed by atoms with van der Waals surface area (Å²) in [4.78, 5) is 22.7. The zero-order valence-corrected chi connectivity index (χ0v) is 7.30. The number of fused-ring (bicyclic) bond motifs is 1. The van der Waals surface area contributed by atoms with Crippen molar-refractivity contribution in [1.82, 2.24) is 9.36 Å². The molecule has 1 unspecified atom stereocenters. The molecule has 1 aliphatic rings. The molecule has 4 nitrogen and oxygen atoms in total.